The minimum Gasteiger partial charge on any atom is -0.687 e. The third-order valence-electron chi connectivity index (χ3n) is 1.98. The largest absolute Gasteiger partial charge is 0.687 e. The third kappa shape index (κ3) is 35.2. The van der Waals surface area contributed by atoms with E-state index in [0.717, 1.165) is 0 Å². The first-order chi connectivity index (χ1) is 10.4. The molecule has 0 unspecified atom stereocenters. The summed E-state index contributed by atoms with van der Waals surface area (Å²) in [7, 11) is 0. The van der Waals surface area contributed by atoms with Gasteiger partial charge in [-0.3, -0.25) is 0 Å². The van der Waals surface area contributed by atoms with E-state index in [2.05, 4.69) is 104 Å². The first kappa shape index (κ1) is 29.0. The fourth-order valence-electron chi connectivity index (χ4n) is 1.03. The molecule has 0 heterocycles. The van der Waals surface area contributed by atoms with Gasteiger partial charge in [-0.05, 0) is 0 Å². The normalized spacial score (nSPS) is 13.0. The van der Waals surface area contributed by atoms with Crippen molar-refractivity contribution < 1.29 is 16.5 Å². The van der Waals surface area contributed by atoms with Gasteiger partial charge in [-0.2, -0.15) is 0 Å². The van der Waals surface area contributed by atoms with Gasteiger partial charge in [0.1, 0.15) is 0 Å². The van der Waals surface area contributed by atoms with Crippen LogP contribution in [0.15, 0.2) is 24.8 Å². The van der Waals surface area contributed by atoms with E-state index in [1.807, 2.05) is 0 Å². The van der Waals surface area contributed by atoms with Gasteiger partial charge >= 0.3 is 0 Å². The van der Waals surface area contributed by atoms with E-state index in [4.69, 9.17) is 0 Å². The Morgan fingerprint density at radius 1 is 0.360 bits per heavy atom. The van der Waals surface area contributed by atoms with E-state index in [1.165, 1.54) is 0 Å². The number of rotatable bonds is 4. The van der Waals surface area contributed by atoms with Gasteiger partial charge in [0.25, 0.3) is 0 Å². The maximum Gasteiger partial charge on any atom is 0 e. The SMILES string of the molecule is CC(C)(C)[N-]/C=C\[N-]C(C)(C)C.CC(C)(C)[N-]/C=C\[N-]C(C)(C)C.[Ni]. The van der Waals surface area contributed by atoms with Gasteiger partial charge in [-0.25, -0.2) is 24.8 Å². The molecule has 0 aromatic rings. The molecule has 0 bridgehead atoms. The fraction of sp³-hybridized carbons (Fsp3) is 0.800. The Balaban J connectivity index is -0.000000372. The predicted octanol–water partition coefficient (Wildman–Crippen LogP) is 7.60. The zero-order chi connectivity index (χ0) is 19.7. The second-order valence-electron chi connectivity index (χ2n) is 9.80. The van der Waals surface area contributed by atoms with Gasteiger partial charge in [0.15, 0.2) is 0 Å². The van der Waals surface area contributed by atoms with Crippen molar-refractivity contribution in [3.05, 3.63) is 46.1 Å². The molecule has 154 valence electrons. The van der Waals surface area contributed by atoms with Crippen molar-refractivity contribution in [2.24, 2.45) is 0 Å². The van der Waals surface area contributed by atoms with Gasteiger partial charge in [-0.15, -0.1) is 22.2 Å². The van der Waals surface area contributed by atoms with Crippen LogP contribution >= 0.6 is 0 Å². The molecule has 0 saturated heterocycles. The van der Waals surface area contributed by atoms with Crippen molar-refractivity contribution in [1.82, 2.24) is 0 Å². The standard InChI is InChI=1S/2C10H20N2.Ni/c2*1-9(2,3)11-7-8-12-10(4,5)6;/h2*7-8H,1-6H3;/q2*-2;/b2*8-7-;. The third-order valence-corrected chi connectivity index (χ3v) is 1.98. The molecule has 0 spiro atoms. The average molecular weight is 395 g/mol. The molecule has 0 aliphatic heterocycles. The summed E-state index contributed by atoms with van der Waals surface area (Å²) < 4.78 is 0. The zero-order valence-electron chi connectivity index (χ0n) is 18.4. The summed E-state index contributed by atoms with van der Waals surface area (Å²) in [6, 6.07) is 0. The van der Waals surface area contributed by atoms with Gasteiger partial charge in [0, 0.05) is 16.5 Å². The van der Waals surface area contributed by atoms with Crippen LogP contribution in [-0.2, 0) is 16.5 Å². The summed E-state index contributed by atoms with van der Waals surface area (Å²) in [5.74, 6) is 0. The molecule has 0 atom stereocenters. The molecule has 5 heteroatoms. The molecule has 4 nitrogen and oxygen atoms in total. The summed E-state index contributed by atoms with van der Waals surface area (Å²) >= 11 is 0. The molecule has 0 saturated carbocycles. The molecule has 0 aliphatic rings. The summed E-state index contributed by atoms with van der Waals surface area (Å²) in [5, 5.41) is 17.1. The number of hydrogen-bond acceptors (Lipinski definition) is 0. The van der Waals surface area contributed by atoms with Crippen LogP contribution in [0.5, 0.6) is 0 Å². The minimum atomic E-state index is 0. The Hall–Kier alpha value is -0.826. The van der Waals surface area contributed by atoms with E-state index >= 15 is 0 Å². The quantitative estimate of drug-likeness (QED) is 0.440. The molecule has 0 amide bonds. The van der Waals surface area contributed by atoms with Crippen LogP contribution in [0.3, 0.4) is 0 Å². The Kier molecular flexibility index (Phi) is 13.6. The molecule has 0 fully saturated rings. The van der Waals surface area contributed by atoms with Crippen molar-refractivity contribution in [1.29, 1.82) is 0 Å². The molecule has 0 aliphatic carbocycles. The van der Waals surface area contributed by atoms with Crippen molar-refractivity contribution in [3.63, 3.8) is 0 Å². The predicted molar refractivity (Wildman–Crippen MR) is 111 cm³/mol. The van der Waals surface area contributed by atoms with Gasteiger partial charge in [-0.1, -0.05) is 83.1 Å². The summed E-state index contributed by atoms with van der Waals surface area (Å²) in [6.07, 6.45) is 7.08. The van der Waals surface area contributed by atoms with Crippen molar-refractivity contribution in [2.75, 3.05) is 0 Å². The second kappa shape index (κ2) is 11.7. The van der Waals surface area contributed by atoms with E-state index < -0.39 is 0 Å². The first-order valence-electron chi connectivity index (χ1n) is 8.59. The van der Waals surface area contributed by atoms with Crippen LogP contribution in [0.2, 0.25) is 0 Å². The van der Waals surface area contributed by atoms with E-state index in [9.17, 15) is 0 Å². The molecule has 0 aromatic heterocycles. The molecule has 0 aromatic carbocycles. The van der Waals surface area contributed by atoms with E-state index in [0.29, 0.717) is 0 Å². The van der Waals surface area contributed by atoms with Gasteiger partial charge in [0.05, 0.1) is 0 Å². The monoisotopic (exact) mass is 394 g/mol. The Morgan fingerprint density at radius 2 is 0.480 bits per heavy atom. The van der Waals surface area contributed by atoms with Crippen molar-refractivity contribution in [3.8, 4) is 0 Å². The molecular formula is C20H40N4Ni-4. The maximum absolute atomic E-state index is 4.29. The fourth-order valence-corrected chi connectivity index (χ4v) is 1.03. The van der Waals surface area contributed by atoms with Crippen molar-refractivity contribution >= 4 is 0 Å². The summed E-state index contributed by atoms with van der Waals surface area (Å²) in [5.41, 5.74) is 0.0155. The average Bonchev–Trinajstić information content (AvgIpc) is 2.27. The number of nitrogens with zero attached hydrogens (tertiary/aromatic N) is 4. The van der Waals surface area contributed by atoms with Crippen LogP contribution in [0.4, 0.5) is 0 Å². The second-order valence-corrected chi connectivity index (χ2v) is 9.80. The maximum atomic E-state index is 4.29. The molecule has 0 N–H and O–H groups in total. The Bertz CT molecular complexity index is 300. The van der Waals surface area contributed by atoms with Gasteiger partial charge < -0.3 is 21.3 Å². The molecule has 0 radical (unpaired) electrons. The molecule has 0 rings (SSSR count). The van der Waals surface area contributed by atoms with Crippen LogP contribution in [0.1, 0.15) is 83.1 Å². The molecular weight excluding hydrogens is 355 g/mol. The van der Waals surface area contributed by atoms with E-state index in [-0.39, 0.29) is 38.6 Å². The Labute approximate surface area is 168 Å². The Morgan fingerprint density at radius 3 is 0.560 bits per heavy atom. The summed E-state index contributed by atoms with van der Waals surface area (Å²) in [4.78, 5) is 0. The summed E-state index contributed by atoms with van der Waals surface area (Å²) in [6.45, 7) is 24.8. The van der Waals surface area contributed by atoms with Crippen LogP contribution in [0, 0.1) is 0 Å². The van der Waals surface area contributed by atoms with Crippen LogP contribution in [0.25, 0.3) is 21.3 Å². The minimum absolute atomic E-state index is 0. The van der Waals surface area contributed by atoms with Gasteiger partial charge in [0.2, 0.25) is 0 Å². The van der Waals surface area contributed by atoms with Crippen LogP contribution in [-0.4, -0.2) is 22.2 Å². The van der Waals surface area contributed by atoms with Crippen LogP contribution < -0.4 is 0 Å². The first-order valence-corrected chi connectivity index (χ1v) is 8.59. The molecule has 25 heavy (non-hydrogen) atoms. The number of hydrogen-bond donors (Lipinski definition) is 0. The smallest absolute Gasteiger partial charge is 0 e. The zero-order valence-corrected chi connectivity index (χ0v) is 19.4. The van der Waals surface area contributed by atoms with Crippen molar-refractivity contribution in [2.45, 2.75) is 105 Å². The van der Waals surface area contributed by atoms with E-state index in [1.54, 1.807) is 24.8 Å². The topological polar surface area (TPSA) is 56.4 Å².